The standard InChI is InChI=1S/C23H22N4O2/c1-26(14-17-5-3-2-4-6-17)22(28)18-7-9-21(10-8-18)25-23(29)27-15-19-11-12-24-13-20(19)16-27/h2-13H,14-16H2,1H3,(H,25,29). The normalized spacial score (nSPS) is 12.4. The van der Waals surface area contributed by atoms with Crippen LogP contribution in [0.3, 0.4) is 0 Å². The third-order valence-corrected chi connectivity index (χ3v) is 5.01. The zero-order valence-electron chi connectivity index (χ0n) is 16.2. The molecule has 0 spiro atoms. The number of benzene rings is 2. The van der Waals surface area contributed by atoms with Crippen molar-refractivity contribution in [2.24, 2.45) is 0 Å². The van der Waals surface area contributed by atoms with Gasteiger partial charge in [-0.25, -0.2) is 4.79 Å². The zero-order valence-corrected chi connectivity index (χ0v) is 16.2. The van der Waals surface area contributed by atoms with E-state index in [-0.39, 0.29) is 11.9 Å². The van der Waals surface area contributed by atoms with Gasteiger partial charge < -0.3 is 15.1 Å². The summed E-state index contributed by atoms with van der Waals surface area (Å²) in [5.74, 6) is -0.0609. The molecule has 2 aromatic carbocycles. The molecule has 0 radical (unpaired) electrons. The van der Waals surface area contributed by atoms with Gasteiger partial charge in [-0.3, -0.25) is 9.78 Å². The number of aromatic nitrogens is 1. The fourth-order valence-corrected chi connectivity index (χ4v) is 3.41. The first-order chi connectivity index (χ1) is 14.1. The van der Waals surface area contributed by atoms with Crippen LogP contribution in [0.15, 0.2) is 73.1 Å². The van der Waals surface area contributed by atoms with Crippen LogP contribution < -0.4 is 5.32 Å². The van der Waals surface area contributed by atoms with Gasteiger partial charge in [-0.05, 0) is 47.0 Å². The molecule has 1 aliphatic rings. The van der Waals surface area contributed by atoms with Gasteiger partial charge >= 0.3 is 6.03 Å². The Hall–Kier alpha value is -3.67. The van der Waals surface area contributed by atoms with Crippen molar-refractivity contribution in [3.05, 3.63) is 95.3 Å². The van der Waals surface area contributed by atoms with Crippen molar-refractivity contribution in [3.8, 4) is 0 Å². The number of carbonyl (C=O) groups excluding carboxylic acids is 2. The summed E-state index contributed by atoms with van der Waals surface area (Å²) in [6.07, 6.45) is 3.54. The summed E-state index contributed by atoms with van der Waals surface area (Å²) in [5.41, 5.74) is 4.52. The van der Waals surface area contributed by atoms with Crippen LogP contribution in [-0.2, 0) is 19.6 Å². The van der Waals surface area contributed by atoms with E-state index in [0.29, 0.717) is 30.9 Å². The maximum absolute atomic E-state index is 12.6. The second kappa shape index (κ2) is 8.14. The zero-order chi connectivity index (χ0) is 20.2. The number of rotatable bonds is 4. The molecule has 0 unspecified atom stereocenters. The minimum Gasteiger partial charge on any atom is -0.337 e. The quantitative estimate of drug-likeness (QED) is 0.740. The number of nitrogens with one attached hydrogen (secondary N) is 1. The lowest BCUT2D eigenvalue weighted by molar-refractivity contribution is 0.0785. The van der Waals surface area contributed by atoms with Crippen LogP contribution >= 0.6 is 0 Å². The van der Waals surface area contributed by atoms with Crippen LogP contribution in [0.1, 0.15) is 27.0 Å². The van der Waals surface area contributed by atoms with E-state index >= 15 is 0 Å². The van der Waals surface area contributed by atoms with Crippen molar-refractivity contribution < 1.29 is 9.59 Å². The van der Waals surface area contributed by atoms with Gasteiger partial charge in [-0.1, -0.05) is 30.3 Å². The minimum absolute atomic E-state index is 0.0609. The maximum Gasteiger partial charge on any atom is 0.322 e. The molecule has 6 heteroatoms. The lowest BCUT2D eigenvalue weighted by Gasteiger charge is -2.18. The summed E-state index contributed by atoms with van der Waals surface area (Å²) in [6, 6.07) is 18.6. The summed E-state index contributed by atoms with van der Waals surface area (Å²) in [7, 11) is 1.78. The maximum atomic E-state index is 12.6. The summed E-state index contributed by atoms with van der Waals surface area (Å²) in [4.78, 5) is 32.7. The van der Waals surface area contributed by atoms with Gasteiger partial charge in [-0.15, -0.1) is 0 Å². The number of nitrogens with zero attached hydrogens (tertiary/aromatic N) is 3. The van der Waals surface area contributed by atoms with Gasteiger partial charge in [-0.2, -0.15) is 0 Å². The van der Waals surface area contributed by atoms with Crippen LogP contribution in [0.2, 0.25) is 0 Å². The number of fused-ring (bicyclic) bond motifs is 1. The first-order valence-corrected chi connectivity index (χ1v) is 9.47. The van der Waals surface area contributed by atoms with Gasteiger partial charge in [0.05, 0.1) is 0 Å². The third-order valence-electron chi connectivity index (χ3n) is 5.01. The highest BCUT2D eigenvalue weighted by Crippen LogP contribution is 2.22. The summed E-state index contributed by atoms with van der Waals surface area (Å²) in [5, 5.41) is 2.90. The van der Waals surface area contributed by atoms with Gasteiger partial charge in [0.25, 0.3) is 5.91 Å². The number of hydrogen-bond acceptors (Lipinski definition) is 3. The molecule has 0 bridgehead atoms. The van der Waals surface area contributed by atoms with Crippen LogP contribution in [0, 0.1) is 0 Å². The second-order valence-electron chi connectivity index (χ2n) is 7.15. The van der Waals surface area contributed by atoms with Gasteiger partial charge in [0.1, 0.15) is 0 Å². The van der Waals surface area contributed by atoms with Crippen molar-refractivity contribution in [1.29, 1.82) is 0 Å². The Balaban J connectivity index is 1.35. The first kappa shape index (κ1) is 18.7. The van der Waals surface area contributed by atoms with Crippen LogP contribution in [0.4, 0.5) is 10.5 Å². The van der Waals surface area contributed by atoms with E-state index in [4.69, 9.17) is 0 Å². The molecule has 0 saturated heterocycles. The van der Waals surface area contributed by atoms with Crippen molar-refractivity contribution in [2.45, 2.75) is 19.6 Å². The summed E-state index contributed by atoms with van der Waals surface area (Å²) >= 11 is 0. The Bertz CT molecular complexity index is 994. The molecule has 0 atom stereocenters. The van der Waals surface area contributed by atoms with E-state index in [1.54, 1.807) is 53.5 Å². The topological polar surface area (TPSA) is 65.5 Å². The van der Waals surface area contributed by atoms with E-state index in [2.05, 4.69) is 10.3 Å². The van der Waals surface area contributed by atoms with Crippen LogP contribution in [0.25, 0.3) is 0 Å². The summed E-state index contributed by atoms with van der Waals surface area (Å²) < 4.78 is 0. The lowest BCUT2D eigenvalue weighted by atomic mass is 10.1. The molecule has 3 amide bonds. The van der Waals surface area contributed by atoms with Crippen molar-refractivity contribution in [3.63, 3.8) is 0 Å². The van der Waals surface area contributed by atoms with Crippen molar-refractivity contribution in [1.82, 2.24) is 14.8 Å². The monoisotopic (exact) mass is 386 g/mol. The van der Waals surface area contributed by atoms with E-state index in [9.17, 15) is 9.59 Å². The predicted octanol–water partition coefficient (Wildman–Crippen LogP) is 3.90. The predicted molar refractivity (Wildman–Crippen MR) is 111 cm³/mol. The Morgan fingerprint density at radius 1 is 1.00 bits per heavy atom. The number of pyridine rings is 1. The second-order valence-corrected chi connectivity index (χ2v) is 7.15. The number of hydrogen-bond donors (Lipinski definition) is 1. The molecule has 29 heavy (non-hydrogen) atoms. The average Bonchev–Trinajstić information content (AvgIpc) is 3.19. The van der Waals surface area contributed by atoms with Crippen LogP contribution in [-0.4, -0.2) is 33.8 Å². The molecule has 0 aliphatic carbocycles. The number of amides is 3. The molecule has 146 valence electrons. The molecular formula is C23H22N4O2. The minimum atomic E-state index is -0.165. The van der Waals surface area contributed by atoms with E-state index in [1.165, 1.54) is 0 Å². The first-order valence-electron chi connectivity index (χ1n) is 9.47. The largest absolute Gasteiger partial charge is 0.337 e. The number of anilines is 1. The van der Waals surface area contributed by atoms with Gasteiger partial charge in [0.2, 0.25) is 0 Å². The highest BCUT2D eigenvalue weighted by Gasteiger charge is 2.23. The molecule has 1 aliphatic heterocycles. The fraction of sp³-hybridized carbons (Fsp3) is 0.174. The summed E-state index contributed by atoms with van der Waals surface area (Å²) in [6.45, 7) is 1.67. The van der Waals surface area contributed by atoms with E-state index in [0.717, 1.165) is 16.7 Å². The number of carbonyl (C=O) groups is 2. The van der Waals surface area contributed by atoms with Gasteiger partial charge in [0.15, 0.2) is 0 Å². The highest BCUT2D eigenvalue weighted by molar-refractivity contribution is 5.95. The molecule has 1 N–H and O–H groups in total. The smallest absolute Gasteiger partial charge is 0.322 e. The van der Waals surface area contributed by atoms with Crippen molar-refractivity contribution in [2.75, 3.05) is 12.4 Å². The highest BCUT2D eigenvalue weighted by atomic mass is 16.2. The van der Waals surface area contributed by atoms with Gasteiger partial charge in [0, 0.05) is 50.3 Å². The Morgan fingerprint density at radius 2 is 1.72 bits per heavy atom. The fourth-order valence-electron chi connectivity index (χ4n) is 3.41. The molecule has 1 aromatic heterocycles. The molecule has 0 saturated carbocycles. The average molecular weight is 386 g/mol. The Kier molecular flexibility index (Phi) is 5.24. The Labute approximate surface area is 169 Å². The Morgan fingerprint density at radius 3 is 2.45 bits per heavy atom. The van der Waals surface area contributed by atoms with E-state index < -0.39 is 0 Å². The third kappa shape index (κ3) is 4.27. The molecule has 0 fully saturated rings. The molecule has 4 rings (SSSR count). The lowest BCUT2D eigenvalue weighted by Crippen LogP contribution is -2.30. The van der Waals surface area contributed by atoms with Crippen LogP contribution in [0.5, 0.6) is 0 Å². The SMILES string of the molecule is CN(Cc1ccccc1)C(=O)c1ccc(NC(=O)N2Cc3ccncc3C2)cc1. The number of urea groups is 1. The molecule has 6 nitrogen and oxygen atoms in total. The van der Waals surface area contributed by atoms with Crippen molar-refractivity contribution >= 4 is 17.6 Å². The molecule has 2 heterocycles. The molecular weight excluding hydrogens is 364 g/mol. The molecule has 3 aromatic rings. The van der Waals surface area contributed by atoms with E-state index in [1.807, 2.05) is 36.4 Å².